The number of aryl methyl sites for hydroxylation is 1. The number of rotatable bonds is 6. The van der Waals surface area contributed by atoms with E-state index in [9.17, 15) is 18.0 Å². The van der Waals surface area contributed by atoms with Crippen molar-refractivity contribution in [3.05, 3.63) is 59.2 Å². The summed E-state index contributed by atoms with van der Waals surface area (Å²) >= 11 is 0. The monoisotopic (exact) mass is 420 g/mol. The Hall–Kier alpha value is -2.70. The van der Waals surface area contributed by atoms with Crippen LogP contribution in [0.25, 0.3) is 0 Å². The summed E-state index contributed by atoms with van der Waals surface area (Å²) in [6, 6.07) is 11.3. The van der Waals surface area contributed by atoms with E-state index in [-0.39, 0.29) is 17.9 Å². The third kappa shape index (κ3) is 5.07. The Labute approximate surface area is 175 Å². The van der Waals surface area contributed by atoms with Gasteiger partial charge in [-0.2, -0.15) is 13.2 Å². The fraction of sp³-hybridized carbons (Fsp3) is 0.435. The Bertz CT molecular complexity index is 881. The fourth-order valence-electron chi connectivity index (χ4n) is 3.68. The van der Waals surface area contributed by atoms with Gasteiger partial charge in [0.25, 0.3) is 0 Å². The van der Waals surface area contributed by atoms with Gasteiger partial charge in [0.2, 0.25) is 5.91 Å². The molecule has 2 aromatic carbocycles. The summed E-state index contributed by atoms with van der Waals surface area (Å²) in [6.45, 7) is 7.31. The van der Waals surface area contributed by atoms with Crippen molar-refractivity contribution in [2.24, 2.45) is 0 Å². The average Bonchev–Trinajstić information content (AvgIpc) is 3.16. The summed E-state index contributed by atoms with van der Waals surface area (Å²) in [5, 5.41) is 2.81. The number of amides is 1. The van der Waals surface area contributed by atoms with Gasteiger partial charge in [-0.05, 0) is 56.2 Å². The molecular formula is C23H27F3N2O2. The van der Waals surface area contributed by atoms with Crippen molar-refractivity contribution >= 4 is 11.6 Å². The van der Waals surface area contributed by atoms with E-state index in [0.29, 0.717) is 31.1 Å². The number of ether oxygens (including phenoxy) is 1. The van der Waals surface area contributed by atoms with Crippen molar-refractivity contribution in [3.63, 3.8) is 0 Å². The Kier molecular flexibility index (Phi) is 6.58. The molecule has 0 aromatic heterocycles. The van der Waals surface area contributed by atoms with Gasteiger partial charge in [0.15, 0.2) is 0 Å². The lowest BCUT2D eigenvalue weighted by Gasteiger charge is -2.22. The lowest BCUT2D eigenvalue weighted by Crippen LogP contribution is -2.27. The number of benzene rings is 2. The van der Waals surface area contributed by atoms with Gasteiger partial charge in [-0.1, -0.05) is 18.2 Å². The quantitative estimate of drug-likeness (QED) is 0.722. The molecule has 0 saturated carbocycles. The van der Waals surface area contributed by atoms with Gasteiger partial charge in [-0.15, -0.1) is 0 Å². The molecule has 0 spiro atoms. The number of halogens is 3. The molecule has 0 bridgehead atoms. The molecule has 1 saturated heterocycles. The van der Waals surface area contributed by atoms with Gasteiger partial charge >= 0.3 is 6.18 Å². The van der Waals surface area contributed by atoms with Crippen LogP contribution < -0.4 is 15.0 Å². The summed E-state index contributed by atoms with van der Waals surface area (Å²) in [5.74, 6) is 0.424. The lowest BCUT2D eigenvalue weighted by atomic mass is 10.0. The number of likely N-dealkylation sites (N-methyl/N-ethyl adjacent to an activating group) is 1. The molecule has 1 N–H and O–H groups in total. The first kappa shape index (κ1) is 22.0. The molecule has 1 aliphatic rings. The van der Waals surface area contributed by atoms with E-state index in [0.717, 1.165) is 23.6 Å². The first-order chi connectivity index (χ1) is 14.2. The van der Waals surface area contributed by atoms with Crippen LogP contribution in [-0.4, -0.2) is 31.6 Å². The third-order valence-corrected chi connectivity index (χ3v) is 5.45. The minimum atomic E-state index is -4.36. The molecule has 1 heterocycles. The largest absolute Gasteiger partial charge is 0.489 e. The second-order valence-electron chi connectivity index (χ2n) is 7.66. The molecule has 2 atom stereocenters. The Morgan fingerprint density at radius 3 is 2.57 bits per heavy atom. The number of anilines is 1. The van der Waals surface area contributed by atoms with E-state index in [1.165, 1.54) is 12.1 Å². The van der Waals surface area contributed by atoms with Crippen LogP contribution in [0.1, 0.15) is 42.9 Å². The SMILES string of the molecule is CCNC(=O)C(C)c1ccc(OC2CCN(c3cc(C(F)(F)F)ccc3C)C2)cc1. The second kappa shape index (κ2) is 8.98. The third-order valence-electron chi connectivity index (χ3n) is 5.45. The van der Waals surface area contributed by atoms with Gasteiger partial charge in [0, 0.05) is 25.2 Å². The van der Waals surface area contributed by atoms with Crippen LogP contribution in [-0.2, 0) is 11.0 Å². The van der Waals surface area contributed by atoms with Gasteiger partial charge in [0.05, 0.1) is 18.0 Å². The summed E-state index contributed by atoms with van der Waals surface area (Å²) in [4.78, 5) is 13.9. The topological polar surface area (TPSA) is 41.6 Å². The van der Waals surface area contributed by atoms with Gasteiger partial charge < -0.3 is 15.0 Å². The molecular weight excluding hydrogens is 393 g/mol. The highest BCUT2D eigenvalue weighted by Crippen LogP contribution is 2.34. The molecule has 3 rings (SSSR count). The fourth-order valence-corrected chi connectivity index (χ4v) is 3.68. The van der Waals surface area contributed by atoms with Gasteiger partial charge in [-0.25, -0.2) is 0 Å². The molecule has 1 aliphatic heterocycles. The Morgan fingerprint density at radius 2 is 1.93 bits per heavy atom. The number of nitrogens with zero attached hydrogens (tertiary/aromatic N) is 1. The Morgan fingerprint density at radius 1 is 1.23 bits per heavy atom. The van der Waals surface area contributed by atoms with E-state index < -0.39 is 11.7 Å². The normalized spacial score (nSPS) is 17.7. The standard InChI is InChI=1S/C23H27F3N2O2/c1-4-27-22(29)16(3)17-6-9-19(10-7-17)30-20-11-12-28(14-20)21-13-18(23(24,25)26)8-5-15(21)2/h5-10,13,16,20H,4,11-12,14H2,1-3H3,(H,27,29). The van der Waals surface area contributed by atoms with Crippen LogP contribution in [0.2, 0.25) is 0 Å². The first-order valence-electron chi connectivity index (χ1n) is 10.2. The highest BCUT2D eigenvalue weighted by atomic mass is 19.4. The van der Waals surface area contributed by atoms with Crippen LogP contribution in [0.4, 0.5) is 18.9 Å². The van der Waals surface area contributed by atoms with Crippen LogP contribution >= 0.6 is 0 Å². The predicted molar refractivity (Wildman–Crippen MR) is 111 cm³/mol. The minimum absolute atomic E-state index is 0.0194. The highest BCUT2D eigenvalue weighted by Gasteiger charge is 2.32. The molecule has 2 aromatic rings. The molecule has 1 fully saturated rings. The molecule has 0 radical (unpaired) electrons. The number of carbonyl (C=O) groups is 1. The Balaban J connectivity index is 1.64. The molecule has 0 aliphatic carbocycles. The highest BCUT2D eigenvalue weighted by molar-refractivity contribution is 5.83. The van der Waals surface area contributed by atoms with Gasteiger partial charge in [0.1, 0.15) is 11.9 Å². The average molecular weight is 420 g/mol. The van der Waals surface area contributed by atoms with Crippen molar-refractivity contribution < 1.29 is 22.7 Å². The molecule has 7 heteroatoms. The summed E-state index contributed by atoms with van der Waals surface area (Å²) < 4.78 is 45.2. The van der Waals surface area contributed by atoms with Gasteiger partial charge in [-0.3, -0.25) is 4.79 Å². The molecule has 30 heavy (non-hydrogen) atoms. The smallest absolute Gasteiger partial charge is 0.416 e. The van der Waals surface area contributed by atoms with Crippen molar-refractivity contribution in [2.75, 3.05) is 24.5 Å². The minimum Gasteiger partial charge on any atom is -0.489 e. The van der Waals surface area contributed by atoms with Crippen LogP contribution in [0.3, 0.4) is 0 Å². The van der Waals surface area contributed by atoms with E-state index in [4.69, 9.17) is 4.74 Å². The van der Waals surface area contributed by atoms with Crippen molar-refractivity contribution in [2.45, 2.75) is 45.4 Å². The zero-order chi connectivity index (χ0) is 21.9. The molecule has 2 unspecified atom stereocenters. The zero-order valence-electron chi connectivity index (χ0n) is 17.4. The maximum Gasteiger partial charge on any atom is 0.416 e. The summed E-state index contributed by atoms with van der Waals surface area (Å²) in [6.07, 6.45) is -3.73. The van der Waals surface area contributed by atoms with E-state index >= 15 is 0 Å². The number of nitrogens with one attached hydrogen (secondary N) is 1. The number of hydrogen-bond acceptors (Lipinski definition) is 3. The maximum atomic E-state index is 13.1. The lowest BCUT2D eigenvalue weighted by molar-refractivity contribution is -0.137. The van der Waals surface area contributed by atoms with E-state index in [2.05, 4.69) is 5.32 Å². The zero-order valence-corrected chi connectivity index (χ0v) is 17.4. The molecule has 4 nitrogen and oxygen atoms in total. The van der Waals surface area contributed by atoms with Crippen LogP contribution in [0.15, 0.2) is 42.5 Å². The number of hydrogen-bond donors (Lipinski definition) is 1. The summed E-state index contributed by atoms with van der Waals surface area (Å²) in [7, 11) is 0. The van der Waals surface area contributed by atoms with E-state index in [1.54, 1.807) is 0 Å². The number of alkyl halides is 3. The predicted octanol–water partition coefficient (Wildman–Crippen LogP) is 4.91. The van der Waals surface area contributed by atoms with E-state index in [1.807, 2.05) is 49.9 Å². The first-order valence-corrected chi connectivity index (χ1v) is 10.2. The number of carbonyl (C=O) groups excluding carboxylic acids is 1. The van der Waals surface area contributed by atoms with Crippen molar-refractivity contribution in [1.82, 2.24) is 5.32 Å². The van der Waals surface area contributed by atoms with Crippen LogP contribution in [0, 0.1) is 6.92 Å². The second-order valence-corrected chi connectivity index (χ2v) is 7.66. The molecule has 1 amide bonds. The van der Waals surface area contributed by atoms with Crippen LogP contribution in [0.5, 0.6) is 5.75 Å². The maximum absolute atomic E-state index is 13.1. The van der Waals surface area contributed by atoms with Crippen molar-refractivity contribution in [1.29, 1.82) is 0 Å². The molecule has 162 valence electrons. The van der Waals surface area contributed by atoms with Crippen molar-refractivity contribution in [3.8, 4) is 5.75 Å². The summed E-state index contributed by atoms with van der Waals surface area (Å²) in [5.41, 5.74) is 1.68.